The average Bonchev–Trinajstić information content (AvgIpc) is 3.65. The number of Topliss-reactive ketones (excluding diaryl/α,β-unsaturated/α-hetero) is 1. The van der Waals surface area contributed by atoms with Crippen molar-refractivity contribution in [1.82, 2.24) is 9.29 Å². The number of ether oxygens (including phenoxy) is 1. The fraction of sp³-hybridized carbons (Fsp3) is 0.286. The quantitative estimate of drug-likeness (QED) is 0.0245. The number of carbonyl (C=O) groups excluding carboxylic acids is 2. The molecule has 0 radical (unpaired) electrons. The lowest BCUT2D eigenvalue weighted by Crippen LogP contribution is -2.62. The van der Waals surface area contributed by atoms with Crippen molar-refractivity contribution >= 4 is 44.2 Å². The molecule has 2 aliphatic heterocycles. The predicted octanol–water partition coefficient (Wildman–Crippen LogP) is 6.09. The summed E-state index contributed by atoms with van der Waals surface area (Å²) in [4.78, 5) is 37.2. The fourth-order valence-electron chi connectivity index (χ4n) is 7.50. The first-order valence-corrected chi connectivity index (χ1v) is 20.6. The molecule has 12 nitrogen and oxygen atoms in total. The number of benzene rings is 4. The molecule has 56 heavy (non-hydrogen) atoms. The van der Waals surface area contributed by atoms with Gasteiger partial charge in [0.15, 0.2) is 23.2 Å². The van der Waals surface area contributed by atoms with Crippen LogP contribution >= 0.6 is 11.3 Å². The molecule has 2 N–H and O–H groups in total. The van der Waals surface area contributed by atoms with E-state index in [1.807, 2.05) is 97.1 Å². The van der Waals surface area contributed by atoms with E-state index in [-0.39, 0.29) is 31.0 Å². The van der Waals surface area contributed by atoms with Gasteiger partial charge in [-0.2, -0.15) is 8.42 Å². The van der Waals surface area contributed by atoms with E-state index in [1.54, 1.807) is 5.38 Å². The Morgan fingerprint density at radius 3 is 2.12 bits per heavy atom. The van der Waals surface area contributed by atoms with Crippen LogP contribution in [0.25, 0.3) is 0 Å². The van der Waals surface area contributed by atoms with Gasteiger partial charge in [0.25, 0.3) is 0 Å². The Balaban J connectivity index is 1.15. The minimum atomic E-state index is -4.76. The summed E-state index contributed by atoms with van der Waals surface area (Å²) in [5.41, 5.74) is 4.67. The lowest BCUT2D eigenvalue weighted by Gasteiger charge is -2.41. The Kier molecular flexibility index (Phi) is 11.1. The number of hydrogen-bond donors (Lipinski definition) is 2. The summed E-state index contributed by atoms with van der Waals surface area (Å²) >= 11 is 1.28. The summed E-state index contributed by atoms with van der Waals surface area (Å²) in [5.74, 6) is -1.70. The first-order chi connectivity index (χ1) is 26.9. The van der Waals surface area contributed by atoms with Crippen LogP contribution in [-0.4, -0.2) is 84.0 Å². The summed E-state index contributed by atoms with van der Waals surface area (Å²) in [6.07, 6.45) is 0.598. The molecular weight excluding hydrogens is 751 g/mol. The first-order valence-electron chi connectivity index (χ1n) is 18.4. The van der Waals surface area contributed by atoms with Crippen molar-refractivity contribution in [2.75, 3.05) is 39.2 Å². The Hall–Kier alpha value is -5.41. The highest BCUT2D eigenvalue weighted by atomic mass is 32.2. The number of amides is 1. The molecule has 2 aliphatic rings. The number of quaternary nitrogens is 1. The number of thiazole rings is 1. The van der Waals surface area contributed by atoms with E-state index in [0.29, 0.717) is 9.44 Å². The Bertz CT molecular complexity index is 2240. The van der Waals surface area contributed by atoms with E-state index in [0.717, 1.165) is 46.4 Å². The molecule has 1 saturated heterocycles. The standard InChI is InChI=1S/C42H43N5O7S2/c1-29-36(40(49)46(29)56(50,51)52)26-38(48)39(45-54-24-23-53-35-20-19-31-27-47(2,3)22-21-30(31)25-35)37-28-55-41(43-37)44-42(32-13-7-4-8-14-32,33-15-9-5-10-16-33)34-17-11-6-12-18-34/h4-20,25,28-29,36H,21-24,26-27H2,1-3H3,(H-,43,44,50,51,52)/p+1/b45-39-/t29-,36-/m0/s1. The van der Waals surface area contributed by atoms with Crippen LogP contribution in [0.15, 0.2) is 120 Å². The third-order valence-corrected chi connectivity index (χ3v) is 12.2. The smallest absolute Gasteiger partial charge is 0.362 e. The third kappa shape index (κ3) is 8.10. The average molecular weight is 795 g/mol. The molecule has 3 heterocycles. The molecule has 0 spiro atoms. The van der Waals surface area contributed by atoms with E-state index in [2.05, 4.69) is 36.7 Å². The normalized spacial score (nSPS) is 18.1. The highest BCUT2D eigenvalue weighted by molar-refractivity contribution is 7.84. The molecule has 7 rings (SSSR count). The first kappa shape index (κ1) is 38.8. The number of rotatable bonds is 15. The summed E-state index contributed by atoms with van der Waals surface area (Å²) in [5, 5.41) is 10.1. The highest BCUT2D eigenvalue weighted by Crippen LogP contribution is 2.41. The molecule has 4 aromatic carbocycles. The molecule has 1 fully saturated rings. The monoisotopic (exact) mass is 794 g/mol. The predicted molar refractivity (Wildman–Crippen MR) is 215 cm³/mol. The van der Waals surface area contributed by atoms with E-state index < -0.39 is 39.5 Å². The van der Waals surface area contributed by atoms with Crippen LogP contribution < -0.4 is 10.1 Å². The highest BCUT2D eigenvalue weighted by Gasteiger charge is 2.51. The van der Waals surface area contributed by atoms with Gasteiger partial charge in [0, 0.05) is 23.8 Å². The van der Waals surface area contributed by atoms with Gasteiger partial charge < -0.3 is 19.4 Å². The number of fused-ring (bicyclic) bond motifs is 1. The zero-order chi connectivity index (χ0) is 39.5. The molecule has 2 atom stereocenters. The lowest BCUT2D eigenvalue weighted by molar-refractivity contribution is -0.905. The molecule has 0 saturated carbocycles. The molecule has 14 heteroatoms. The molecule has 1 amide bonds. The van der Waals surface area contributed by atoms with E-state index in [4.69, 9.17) is 14.6 Å². The van der Waals surface area contributed by atoms with Gasteiger partial charge in [-0.3, -0.25) is 14.1 Å². The third-order valence-electron chi connectivity index (χ3n) is 10.4. The Labute approximate surface area is 330 Å². The minimum absolute atomic E-state index is 0.0153. The SMILES string of the molecule is C[C@H]1[C@H](CC(=O)/C(=N\OCCOc2ccc3c(c2)CC[N+](C)(C)C3)c2csc(NC(c3ccccc3)(c3ccccc3)c3ccccc3)n2)C(=O)N1S(=O)(=O)O. The van der Waals surface area contributed by atoms with Crippen molar-refractivity contribution in [3.05, 3.63) is 148 Å². The molecule has 0 bridgehead atoms. The lowest BCUT2D eigenvalue weighted by atomic mass is 9.77. The molecule has 5 aromatic rings. The summed E-state index contributed by atoms with van der Waals surface area (Å²) in [6.45, 7) is 3.64. The molecular formula is C42H44N5O7S2+. The number of hydrogen-bond acceptors (Lipinski definition) is 10. The van der Waals surface area contributed by atoms with Crippen molar-refractivity contribution in [1.29, 1.82) is 0 Å². The van der Waals surface area contributed by atoms with Crippen molar-refractivity contribution in [3.63, 3.8) is 0 Å². The zero-order valence-electron chi connectivity index (χ0n) is 31.4. The van der Waals surface area contributed by atoms with Gasteiger partial charge in [-0.1, -0.05) is 96.2 Å². The number of oxime groups is 1. The maximum Gasteiger partial charge on any atom is 0.362 e. The van der Waals surface area contributed by atoms with Gasteiger partial charge in [-0.05, 0) is 47.4 Å². The van der Waals surface area contributed by atoms with E-state index >= 15 is 0 Å². The Morgan fingerprint density at radius 2 is 1.55 bits per heavy atom. The second-order valence-corrected chi connectivity index (χ2v) is 16.9. The van der Waals surface area contributed by atoms with Crippen molar-refractivity contribution in [3.8, 4) is 5.75 Å². The number of carbonyl (C=O) groups is 2. The van der Waals surface area contributed by atoms with Crippen molar-refractivity contribution in [2.45, 2.75) is 37.9 Å². The van der Waals surface area contributed by atoms with E-state index in [1.165, 1.54) is 29.4 Å². The van der Waals surface area contributed by atoms with Gasteiger partial charge in [-0.15, -0.1) is 11.3 Å². The largest absolute Gasteiger partial charge is 0.490 e. The van der Waals surface area contributed by atoms with E-state index in [9.17, 15) is 22.6 Å². The van der Waals surface area contributed by atoms with Crippen LogP contribution in [0.2, 0.25) is 0 Å². The second-order valence-electron chi connectivity index (χ2n) is 14.7. The van der Waals surface area contributed by atoms with Crippen LogP contribution in [0, 0.1) is 5.92 Å². The van der Waals surface area contributed by atoms with Crippen LogP contribution in [0.4, 0.5) is 5.13 Å². The molecule has 1 aromatic heterocycles. The van der Waals surface area contributed by atoms with Gasteiger partial charge >= 0.3 is 10.3 Å². The minimum Gasteiger partial charge on any atom is -0.490 e. The summed E-state index contributed by atoms with van der Waals surface area (Å²) in [7, 11) is -0.315. The summed E-state index contributed by atoms with van der Waals surface area (Å²) < 4.78 is 40.3. The number of ketones is 1. The molecule has 0 aliphatic carbocycles. The van der Waals surface area contributed by atoms with Crippen LogP contribution in [0.3, 0.4) is 0 Å². The number of anilines is 1. The van der Waals surface area contributed by atoms with Crippen molar-refractivity contribution in [2.24, 2.45) is 11.1 Å². The van der Waals surface area contributed by atoms with Crippen LogP contribution in [-0.2, 0) is 43.2 Å². The topological polar surface area (TPSA) is 147 Å². The summed E-state index contributed by atoms with van der Waals surface area (Å²) in [6, 6.07) is 35.2. The number of nitrogens with one attached hydrogen (secondary N) is 1. The number of nitrogens with zero attached hydrogens (tertiary/aromatic N) is 4. The molecule has 290 valence electrons. The van der Waals surface area contributed by atoms with Gasteiger partial charge in [0.05, 0.1) is 32.6 Å². The maximum absolute atomic E-state index is 13.9. The van der Waals surface area contributed by atoms with Gasteiger partial charge in [-0.25, -0.2) is 9.29 Å². The number of aromatic nitrogens is 1. The fourth-order valence-corrected chi connectivity index (χ4v) is 9.18. The van der Waals surface area contributed by atoms with Crippen LogP contribution in [0.1, 0.15) is 46.9 Å². The van der Waals surface area contributed by atoms with Gasteiger partial charge in [0.2, 0.25) is 5.91 Å². The maximum atomic E-state index is 13.9. The number of β-lactam (4-membered cyclic amide) rings is 1. The second kappa shape index (κ2) is 16.0. The molecule has 0 unspecified atom stereocenters. The Morgan fingerprint density at radius 1 is 0.946 bits per heavy atom. The number of likely N-dealkylation sites (N-methyl/N-ethyl adjacent to an activating group) is 1. The van der Waals surface area contributed by atoms with Gasteiger partial charge in [0.1, 0.15) is 30.1 Å². The van der Waals surface area contributed by atoms with Crippen LogP contribution in [0.5, 0.6) is 5.75 Å². The van der Waals surface area contributed by atoms with Crippen molar-refractivity contribution < 1.29 is 36.6 Å². The zero-order valence-corrected chi connectivity index (χ0v) is 33.0.